The monoisotopic (exact) mass is 326 g/mol. The summed E-state index contributed by atoms with van der Waals surface area (Å²) < 4.78 is 5.79. The molecule has 24 heavy (non-hydrogen) atoms. The third kappa shape index (κ3) is 3.80. The maximum absolute atomic E-state index is 13.1. The average molecular weight is 326 g/mol. The van der Waals surface area contributed by atoms with Gasteiger partial charge in [0.15, 0.2) is 6.10 Å². The molecule has 2 heterocycles. The van der Waals surface area contributed by atoms with Crippen LogP contribution in [0.25, 0.3) is 0 Å². The van der Waals surface area contributed by atoms with E-state index in [1.54, 1.807) is 11.1 Å². The standard InChI is InChI=1S/C19H22N2O3/c22-12-5-11-21(14-16-7-3-4-10-20-16)19(23)18-17-8-2-1-6-15(17)9-13-24-18/h1-4,6-8,10,18,22H,5,9,11-14H2. The maximum atomic E-state index is 13.1. The van der Waals surface area contributed by atoms with E-state index in [-0.39, 0.29) is 12.5 Å². The summed E-state index contributed by atoms with van der Waals surface area (Å²) in [6.45, 7) is 1.49. The summed E-state index contributed by atoms with van der Waals surface area (Å²) in [6, 6.07) is 13.6. The van der Waals surface area contributed by atoms with Gasteiger partial charge >= 0.3 is 0 Å². The van der Waals surface area contributed by atoms with Gasteiger partial charge in [0.1, 0.15) is 0 Å². The van der Waals surface area contributed by atoms with Crippen molar-refractivity contribution in [3.8, 4) is 0 Å². The Morgan fingerprint density at radius 1 is 1.25 bits per heavy atom. The number of pyridine rings is 1. The van der Waals surface area contributed by atoms with Gasteiger partial charge in [-0.15, -0.1) is 0 Å². The first-order chi connectivity index (χ1) is 11.8. The van der Waals surface area contributed by atoms with Gasteiger partial charge in [-0.25, -0.2) is 0 Å². The number of aromatic nitrogens is 1. The summed E-state index contributed by atoms with van der Waals surface area (Å²) in [5.41, 5.74) is 2.94. The Labute approximate surface area is 141 Å². The highest BCUT2D eigenvalue weighted by Gasteiger charge is 2.30. The van der Waals surface area contributed by atoms with Crippen LogP contribution in [0, 0.1) is 0 Å². The lowest BCUT2D eigenvalue weighted by molar-refractivity contribution is -0.146. The fraction of sp³-hybridized carbons (Fsp3) is 0.368. The number of rotatable bonds is 6. The van der Waals surface area contributed by atoms with Crippen molar-refractivity contribution in [3.05, 3.63) is 65.5 Å². The minimum absolute atomic E-state index is 0.0497. The minimum Gasteiger partial charge on any atom is -0.396 e. The summed E-state index contributed by atoms with van der Waals surface area (Å²) in [5.74, 6) is -0.0683. The van der Waals surface area contributed by atoms with Gasteiger partial charge in [-0.05, 0) is 36.1 Å². The number of hydrogen-bond donors (Lipinski definition) is 1. The van der Waals surface area contributed by atoms with Crippen molar-refractivity contribution < 1.29 is 14.6 Å². The molecule has 126 valence electrons. The van der Waals surface area contributed by atoms with Gasteiger partial charge in [0.2, 0.25) is 0 Å². The molecule has 1 N–H and O–H groups in total. The summed E-state index contributed by atoms with van der Waals surface area (Å²) in [5, 5.41) is 9.15. The van der Waals surface area contributed by atoms with Crippen molar-refractivity contribution in [2.75, 3.05) is 19.8 Å². The Morgan fingerprint density at radius 3 is 2.88 bits per heavy atom. The zero-order valence-corrected chi connectivity index (χ0v) is 13.6. The van der Waals surface area contributed by atoms with Crippen molar-refractivity contribution in [3.63, 3.8) is 0 Å². The van der Waals surface area contributed by atoms with Crippen LogP contribution in [-0.4, -0.2) is 40.7 Å². The fourth-order valence-corrected chi connectivity index (χ4v) is 2.98. The summed E-state index contributed by atoms with van der Waals surface area (Å²) >= 11 is 0. The molecule has 5 nitrogen and oxygen atoms in total. The maximum Gasteiger partial charge on any atom is 0.256 e. The number of carbonyl (C=O) groups is 1. The van der Waals surface area contributed by atoms with Crippen molar-refractivity contribution in [2.45, 2.75) is 25.5 Å². The summed E-state index contributed by atoms with van der Waals surface area (Å²) in [6.07, 6.45) is 2.51. The van der Waals surface area contributed by atoms with E-state index >= 15 is 0 Å². The number of hydrogen-bond acceptors (Lipinski definition) is 4. The van der Waals surface area contributed by atoms with Crippen molar-refractivity contribution >= 4 is 5.91 Å². The number of aliphatic hydroxyl groups excluding tert-OH is 1. The van der Waals surface area contributed by atoms with E-state index in [9.17, 15) is 4.79 Å². The molecule has 2 aromatic rings. The van der Waals surface area contributed by atoms with Gasteiger partial charge in [-0.2, -0.15) is 0 Å². The Kier molecular flexibility index (Phi) is 5.56. The van der Waals surface area contributed by atoms with Gasteiger partial charge in [-0.1, -0.05) is 30.3 Å². The van der Waals surface area contributed by atoms with E-state index in [2.05, 4.69) is 11.1 Å². The van der Waals surface area contributed by atoms with E-state index in [1.165, 1.54) is 5.56 Å². The zero-order valence-electron chi connectivity index (χ0n) is 13.6. The van der Waals surface area contributed by atoms with Crippen LogP contribution in [0.5, 0.6) is 0 Å². The van der Waals surface area contributed by atoms with Crippen LogP contribution in [0.4, 0.5) is 0 Å². The molecule has 0 saturated heterocycles. The Hall–Kier alpha value is -2.24. The second-order valence-electron chi connectivity index (χ2n) is 5.86. The highest BCUT2D eigenvalue weighted by atomic mass is 16.5. The SMILES string of the molecule is O=C(C1OCCc2ccccc21)N(CCCO)Cc1ccccn1. The van der Waals surface area contributed by atoms with Crippen molar-refractivity contribution in [1.82, 2.24) is 9.88 Å². The van der Waals surface area contributed by atoms with E-state index in [0.29, 0.717) is 26.1 Å². The lowest BCUT2D eigenvalue weighted by atomic mass is 9.96. The molecule has 1 aliphatic heterocycles. The molecule has 1 amide bonds. The lowest BCUT2D eigenvalue weighted by Crippen LogP contribution is -2.38. The molecule has 1 aliphatic rings. The number of nitrogens with zero attached hydrogens (tertiary/aromatic N) is 2. The number of fused-ring (bicyclic) bond motifs is 1. The molecule has 0 saturated carbocycles. The first-order valence-electron chi connectivity index (χ1n) is 8.28. The number of ether oxygens (including phenoxy) is 1. The number of carbonyl (C=O) groups excluding carboxylic acids is 1. The van der Waals surface area contributed by atoms with Crippen LogP contribution in [0.15, 0.2) is 48.7 Å². The fourth-order valence-electron chi connectivity index (χ4n) is 2.98. The van der Waals surface area contributed by atoms with Crippen molar-refractivity contribution in [1.29, 1.82) is 0 Å². The van der Waals surface area contributed by atoms with Crippen molar-refractivity contribution in [2.24, 2.45) is 0 Å². The molecule has 1 atom stereocenters. The highest BCUT2D eigenvalue weighted by molar-refractivity contribution is 5.83. The first-order valence-corrected chi connectivity index (χ1v) is 8.28. The normalized spacial score (nSPS) is 16.5. The topological polar surface area (TPSA) is 62.7 Å². The molecule has 1 unspecified atom stereocenters. The Bertz CT molecular complexity index is 675. The first kappa shape index (κ1) is 16.6. The molecular weight excluding hydrogens is 304 g/mol. The van der Waals surface area contributed by atoms with E-state index in [4.69, 9.17) is 9.84 Å². The quantitative estimate of drug-likeness (QED) is 0.883. The summed E-state index contributed by atoms with van der Waals surface area (Å²) in [4.78, 5) is 19.1. The van der Waals surface area contributed by atoms with Gasteiger partial charge < -0.3 is 14.7 Å². The average Bonchev–Trinajstić information content (AvgIpc) is 2.65. The third-order valence-corrected chi connectivity index (χ3v) is 4.19. The van der Waals surface area contributed by atoms with Crippen LogP contribution >= 0.6 is 0 Å². The zero-order chi connectivity index (χ0) is 16.8. The van der Waals surface area contributed by atoms with E-state index in [1.807, 2.05) is 36.4 Å². The molecule has 5 heteroatoms. The smallest absolute Gasteiger partial charge is 0.256 e. The van der Waals surface area contributed by atoms with Crippen LogP contribution in [0.1, 0.15) is 29.3 Å². The third-order valence-electron chi connectivity index (χ3n) is 4.19. The minimum atomic E-state index is -0.572. The predicted molar refractivity (Wildman–Crippen MR) is 90.2 cm³/mol. The molecule has 0 spiro atoms. The second kappa shape index (κ2) is 8.04. The van der Waals surface area contributed by atoms with Gasteiger partial charge in [0.25, 0.3) is 5.91 Å². The molecule has 1 aromatic heterocycles. The number of aliphatic hydroxyl groups is 1. The predicted octanol–water partition coefficient (Wildman–Crippen LogP) is 2.11. The molecule has 0 aliphatic carbocycles. The molecule has 3 rings (SSSR count). The molecule has 1 aromatic carbocycles. The molecule has 0 radical (unpaired) electrons. The lowest BCUT2D eigenvalue weighted by Gasteiger charge is -2.30. The Balaban J connectivity index is 1.81. The van der Waals surface area contributed by atoms with Gasteiger partial charge in [0.05, 0.1) is 18.8 Å². The van der Waals surface area contributed by atoms with Gasteiger partial charge in [0, 0.05) is 19.3 Å². The van der Waals surface area contributed by atoms with Crippen LogP contribution in [-0.2, 0) is 22.5 Å². The van der Waals surface area contributed by atoms with E-state index < -0.39 is 6.10 Å². The van der Waals surface area contributed by atoms with Gasteiger partial charge in [-0.3, -0.25) is 9.78 Å². The number of amides is 1. The van der Waals surface area contributed by atoms with Crippen LogP contribution < -0.4 is 0 Å². The molecule has 0 fully saturated rings. The second-order valence-corrected chi connectivity index (χ2v) is 5.86. The van der Waals surface area contributed by atoms with Crippen LogP contribution in [0.2, 0.25) is 0 Å². The number of benzene rings is 1. The largest absolute Gasteiger partial charge is 0.396 e. The molecule has 0 bridgehead atoms. The molecular formula is C19H22N2O3. The highest BCUT2D eigenvalue weighted by Crippen LogP contribution is 2.29. The Morgan fingerprint density at radius 2 is 2.08 bits per heavy atom. The van der Waals surface area contributed by atoms with E-state index in [0.717, 1.165) is 17.7 Å². The van der Waals surface area contributed by atoms with Crippen LogP contribution in [0.3, 0.4) is 0 Å². The summed E-state index contributed by atoms with van der Waals surface area (Å²) in [7, 11) is 0.